The molecule has 0 saturated heterocycles. The van der Waals surface area contributed by atoms with Crippen molar-refractivity contribution in [3.8, 4) is 0 Å². The number of carboxylic acids is 2. The van der Waals surface area contributed by atoms with Crippen LogP contribution in [0.4, 0.5) is 4.39 Å². The molecular formula is C5H5FO4. The summed E-state index contributed by atoms with van der Waals surface area (Å²) in [6.45, 7) is 0. The Hall–Kier alpha value is -1.39. The van der Waals surface area contributed by atoms with Crippen LogP contribution >= 0.6 is 0 Å². The van der Waals surface area contributed by atoms with E-state index < -0.39 is 23.9 Å². The largest absolute Gasteiger partial charge is 0.481 e. The summed E-state index contributed by atoms with van der Waals surface area (Å²) in [5.74, 6) is -2.92. The van der Waals surface area contributed by atoms with Gasteiger partial charge in [-0.3, -0.25) is 4.79 Å². The second kappa shape index (κ2) is 3.60. The van der Waals surface area contributed by atoms with E-state index >= 15 is 0 Å². The molecule has 56 valence electrons. The molecule has 0 radical (unpaired) electrons. The van der Waals surface area contributed by atoms with Gasteiger partial charge in [-0.1, -0.05) is 0 Å². The third-order valence-electron chi connectivity index (χ3n) is 0.748. The molecule has 0 aliphatic carbocycles. The number of hydrogen-bond acceptors (Lipinski definition) is 2. The van der Waals surface area contributed by atoms with Gasteiger partial charge in [-0.25, -0.2) is 9.18 Å². The number of rotatable bonds is 3. The maximum Gasteiger partial charge on any atom is 0.334 e. The second-order valence-electron chi connectivity index (χ2n) is 1.51. The predicted octanol–water partition coefficient (Wildman–Crippen LogP) is 0.399. The van der Waals surface area contributed by atoms with Crippen LogP contribution in [0.2, 0.25) is 0 Å². The van der Waals surface area contributed by atoms with Crippen molar-refractivity contribution >= 4 is 11.9 Å². The molecule has 5 heteroatoms. The Kier molecular flexibility index (Phi) is 3.10. The normalized spacial score (nSPS) is 11.1. The minimum Gasteiger partial charge on any atom is -0.481 e. The highest BCUT2D eigenvalue weighted by molar-refractivity contribution is 5.91. The maximum absolute atomic E-state index is 11.5. The van der Waals surface area contributed by atoms with E-state index in [1.165, 1.54) is 0 Å². The Morgan fingerprint density at radius 1 is 1.40 bits per heavy atom. The van der Waals surface area contributed by atoms with Crippen molar-refractivity contribution in [1.82, 2.24) is 0 Å². The Labute approximate surface area is 55.6 Å². The lowest BCUT2D eigenvalue weighted by Crippen LogP contribution is -2.05. The van der Waals surface area contributed by atoms with Gasteiger partial charge in [-0.05, 0) is 0 Å². The Bertz CT molecular complexity index is 184. The summed E-state index contributed by atoms with van der Waals surface area (Å²) in [6.07, 6.45) is -1.03. The highest BCUT2D eigenvalue weighted by Gasteiger charge is 2.10. The van der Waals surface area contributed by atoms with Gasteiger partial charge in [0.05, 0.1) is 18.3 Å². The number of carbonyl (C=O) groups is 2. The average Bonchev–Trinajstić information content (AvgIpc) is 1.81. The molecule has 0 heterocycles. The molecule has 0 rings (SSSR count). The average molecular weight is 148 g/mol. The van der Waals surface area contributed by atoms with Crippen molar-refractivity contribution in [2.75, 3.05) is 0 Å². The Morgan fingerprint density at radius 2 is 1.90 bits per heavy atom. The van der Waals surface area contributed by atoms with Gasteiger partial charge in [0.2, 0.25) is 0 Å². The summed E-state index contributed by atoms with van der Waals surface area (Å²) >= 11 is 0. The van der Waals surface area contributed by atoms with Crippen LogP contribution in [-0.4, -0.2) is 22.2 Å². The molecule has 0 atom stereocenters. The summed E-state index contributed by atoms with van der Waals surface area (Å²) in [4.78, 5) is 19.7. The standard InChI is InChI=1S/C5H5FO4/c6-2-3(5(9)10)1-4(7)8/h2H,1H2,(H,7,8)(H,9,10). The van der Waals surface area contributed by atoms with Crippen molar-refractivity contribution in [3.05, 3.63) is 11.9 Å². The first-order valence-corrected chi connectivity index (χ1v) is 2.32. The lowest BCUT2D eigenvalue weighted by molar-refractivity contribution is -0.139. The molecule has 0 unspecified atom stereocenters. The molecule has 4 nitrogen and oxygen atoms in total. The van der Waals surface area contributed by atoms with Crippen molar-refractivity contribution in [2.45, 2.75) is 6.42 Å². The molecule has 0 fully saturated rings. The van der Waals surface area contributed by atoms with E-state index in [1.54, 1.807) is 0 Å². The molecule has 0 aromatic rings. The second-order valence-corrected chi connectivity index (χ2v) is 1.51. The molecule has 0 aromatic heterocycles. The van der Waals surface area contributed by atoms with E-state index in [2.05, 4.69) is 0 Å². The van der Waals surface area contributed by atoms with E-state index in [9.17, 15) is 14.0 Å². The molecule has 0 aromatic carbocycles. The Morgan fingerprint density at radius 3 is 2.00 bits per heavy atom. The molecule has 0 aliphatic rings. The SMILES string of the molecule is O=C(O)CC(=CF)C(=O)O. The first-order chi connectivity index (χ1) is 4.57. The maximum atomic E-state index is 11.5. The minimum absolute atomic E-state index is 0.226. The van der Waals surface area contributed by atoms with Crippen LogP contribution in [0.1, 0.15) is 6.42 Å². The first-order valence-electron chi connectivity index (χ1n) is 2.32. The lowest BCUT2D eigenvalue weighted by atomic mass is 10.2. The fourth-order valence-corrected chi connectivity index (χ4v) is 0.324. The van der Waals surface area contributed by atoms with Gasteiger partial charge >= 0.3 is 11.9 Å². The Balaban J connectivity index is 4.12. The van der Waals surface area contributed by atoms with Gasteiger partial charge in [0.1, 0.15) is 0 Å². The van der Waals surface area contributed by atoms with Crippen LogP contribution in [0.5, 0.6) is 0 Å². The predicted molar refractivity (Wildman–Crippen MR) is 29.1 cm³/mol. The van der Waals surface area contributed by atoms with Crippen LogP contribution in [-0.2, 0) is 9.59 Å². The summed E-state index contributed by atoms with van der Waals surface area (Å²) < 4.78 is 11.5. The number of hydrogen-bond donors (Lipinski definition) is 2. The number of aliphatic carboxylic acids is 2. The van der Waals surface area contributed by atoms with Crippen LogP contribution in [0.15, 0.2) is 11.9 Å². The van der Waals surface area contributed by atoms with E-state index in [-0.39, 0.29) is 6.33 Å². The molecule has 0 aliphatic heterocycles. The zero-order valence-electron chi connectivity index (χ0n) is 4.87. The van der Waals surface area contributed by atoms with Crippen LogP contribution in [0.3, 0.4) is 0 Å². The zero-order valence-corrected chi connectivity index (χ0v) is 4.87. The molecule has 10 heavy (non-hydrogen) atoms. The van der Waals surface area contributed by atoms with Gasteiger partial charge in [0, 0.05) is 0 Å². The fraction of sp³-hybridized carbons (Fsp3) is 0.200. The van der Waals surface area contributed by atoms with E-state index in [0.29, 0.717) is 0 Å². The van der Waals surface area contributed by atoms with Gasteiger partial charge in [-0.2, -0.15) is 0 Å². The third-order valence-corrected chi connectivity index (χ3v) is 0.748. The topological polar surface area (TPSA) is 74.6 Å². The van der Waals surface area contributed by atoms with Gasteiger partial charge in [-0.15, -0.1) is 0 Å². The summed E-state index contributed by atoms with van der Waals surface area (Å²) in [6, 6.07) is 0. The summed E-state index contributed by atoms with van der Waals surface area (Å²) in [5, 5.41) is 16.0. The fourth-order valence-electron chi connectivity index (χ4n) is 0.324. The minimum atomic E-state index is -1.55. The number of halogens is 1. The molecule has 0 saturated carbocycles. The molecule has 2 N–H and O–H groups in total. The van der Waals surface area contributed by atoms with Crippen molar-refractivity contribution in [3.63, 3.8) is 0 Å². The summed E-state index contributed by atoms with van der Waals surface area (Å²) in [5.41, 5.74) is -0.757. The van der Waals surface area contributed by atoms with Gasteiger partial charge < -0.3 is 10.2 Å². The summed E-state index contributed by atoms with van der Waals surface area (Å²) in [7, 11) is 0. The van der Waals surface area contributed by atoms with E-state index in [0.717, 1.165) is 0 Å². The monoisotopic (exact) mass is 148 g/mol. The van der Waals surface area contributed by atoms with Crippen molar-refractivity contribution in [1.29, 1.82) is 0 Å². The van der Waals surface area contributed by atoms with Crippen LogP contribution < -0.4 is 0 Å². The molecule has 0 bridgehead atoms. The van der Waals surface area contributed by atoms with Crippen LogP contribution in [0.25, 0.3) is 0 Å². The van der Waals surface area contributed by atoms with Crippen molar-refractivity contribution < 1.29 is 24.2 Å². The van der Waals surface area contributed by atoms with Gasteiger partial charge in [0.25, 0.3) is 0 Å². The third kappa shape index (κ3) is 2.81. The smallest absolute Gasteiger partial charge is 0.334 e. The van der Waals surface area contributed by atoms with Gasteiger partial charge in [0.15, 0.2) is 0 Å². The zero-order chi connectivity index (χ0) is 8.15. The highest BCUT2D eigenvalue weighted by Crippen LogP contribution is 2.00. The molecule has 0 spiro atoms. The van der Waals surface area contributed by atoms with E-state index in [4.69, 9.17) is 10.2 Å². The molecular weight excluding hydrogens is 143 g/mol. The lowest BCUT2D eigenvalue weighted by Gasteiger charge is -1.92. The van der Waals surface area contributed by atoms with Crippen LogP contribution in [0, 0.1) is 0 Å². The van der Waals surface area contributed by atoms with Crippen molar-refractivity contribution in [2.24, 2.45) is 0 Å². The first kappa shape index (κ1) is 8.61. The quantitative estimate of drug-likeness (QED) is 0.568. The molecule has 0 amide bonds. The highest BCUT2D eigenvalue weighted by atomic mass is 19.1. The van der Waals surface area contributed by atoms with E-state index in [1.807, 2.05) is 0 Å². The number of carboxylic acid groups (broad SMARTS) is 2.